The molecular weight excluding hydrogens is 220 g/mol. The van der Waals surface area contributed by atoms with Crippen LogP contribution < -0.4 is 5.32 Å². The van der Waals surface area contributed by atoms with Crippen LogP contribution >= 0.6 is 0 Å². The lowest BCUT2D eigenvalue weighted by Crippen LogP contribution is -2.53. The smallest absolute Gasteiger partial charge is 0.409 e. The van der Waals surface area contributed by atoms with Crippen molar-refractivity contribution < 1.29 is 14.6 Å². The van der Waals surface area contributed by atoms with E-state index in [9.17, 15) is 9.90 Å². The number of amides is 1. The molecule has 0 radical (unpaired) electrons. The summed E-state index contributed by atoms with van der Waals surface area (Å²) in [4.78, 5) is 13.4. The summed E-state index contributed by atoms with van der Waals surface area (Å²) in [5.41, 5.74) is 0. The molecule has 2 N–H and O–H groups in total. The van der Waals surface area contributed by atoms with Crippen molar-refractivity contribution in [2.45, 2.75) is 39.3 Å². The molecule has 3 atom stereocenters. The Morgan fingerprint density at radius 3 is 2.76 bits per heavy atom. The number of nitrogens with zero attached hydrogens (tertiary/aromatic N) is 1. The molecule has 0 aromatic rings. The zero-order valence-corrected chi connectivity index (χ0v) is 11.0. The first-order valence-electron chi connectivity index (χ1n) is 6.41. The van der Waals surface area contributed by atoms with Gasteiger partial charge in [0, 0.05) is 25.0 Å². The third-order valence-electron chi connectivity index (χ3n) is 3.18. The van der Waals surface area contributed by atoms with Crippen LogP contribution in [0.5, 0.6) is 0 Å². The molecule has 1 aliphatic heterocycles. The first kappa shape index (κ1) is 14.3. The molecule has 3 unspecified atom stereocenters. The van der Waals surface area contributed by atoms with Crippen LogP contribution in [0.2, 0.25) is 0 Å². The maximum Gasteiger partial charge on any atom is 0.409 e. The number of ether oxygens (including phenoxy) is 1. The maximum absolute atomic E-state index is 11.7. The standard InChI is InChI=1S/C12H24N2O3/c1-4-13-11-6-10(9(3)15)7-14(8-11)12(16)17-5-2/h9-11,13,15H,4-8H2,1-3H3. The van der Waals surface area contributed by atoms with E-state index >= 15 is 0 Å². The zero-order chi connectivity index (χ0) is 12.8. The van der Waals surface area contributed by atoms with E-state index in [1.807, 2.05) is 6.92 Å². The summed E-state index contributed by atoms with van der Waals surface area (Å²) in [6.45, 7) is 8.13. The van der Waals surface area contributed by atoms with Gasteiger partial charge in [0.15, 0.2) is 0 Å². The van der Waals surface area contributed by atoms with E-state index in [4.69, 9.17) is 4.74 Å². The molecule has 1 heterocycles. The van der Waals surface area contributed by atoms with E-state index in [1.54, 1.807) is 18.7 Å². The molecule has 1 rings (SSSR count). The van der Waals surface area contributed by atoms with Crippen LogP contribution in [0.25, 0.3) is 0 Å². The Balaban J connectivity index is 2.61. The molecule has 0 aliphatic carbocycles. The third-order valence-corrected chi connectivity index (χ3v) is 3.18. The highest BCUT2D eigenvalue weighted by Crippen LogP contribution is 2.20. The fourth-order valence-corrected chi connectivity index (χ4v) is 2.29. The predicted molar refractivity (Wildman–Crippen MR) is 65.8 cm³/mol. The van der Waals surface area contributed by atoms with Gasteiger partial charge in [0.1, 0.15) is 0 Å². The summed E-state index contributed by atoms with van der Waals surface area (Å²) in [7, 11) is 0. The lowest BCUT2D eigenvalue weighted by Gasteiger charge is -2.38. The Kier molecular flexibility index (Phi) is 5.71. The van der Waals surface area contributed by atoms with Crippen molar-refractivity contribution in [1.29, 1.82) is 0 Å². The zero-order valence-electron chi connectivity index (χ0n) is 11.0. The van der Waals surface area contributed by atoms with Gasteiger partial charge in [-0.05, 0) is 26.8 Å². The number of piperidine rings is 1. The highest BCUT2D eigenvalue weighted by atomic mass is 16.6. The summed E-state index contributed by atoms with van der Waals surface area (Å²) in [5, 5.41) is 13.0. The average molecular weight is 244 g/mol. The van der Waals surface area contributed by atoms with Gasteiger partial charge in [0.05, 0.1) is 12.7 Å². The second-order valence-corrected chi connectivity index (χ2v) is 4.59. The van der Waals surface area contributed by atoms with Crippen LogP contribution in [0.4, 0.5) is 4.79 Å². The van der Waals surface area contributed by atoms with Gasteiger partial charge in [-0.1, -0.05) is 6.92 Å². The quantitative estimate of drug-likeness (QED) is 0.768. The molecule has 0 aromatic heterocycles. The number of carbonyl (C=O) groups excluding carboxylic acids is 1. The Bertz CT molecular complexity index is 246. The van der Waals surface area contributed by atoms with Crippen LogP contribution in [0, 0.1) is 5.92 Å². The summed E-state index contributed by atoms with van der Waals surface area (Å²) < 4.78 is 5.01. The van der Waals surface area contributed by atoms with E-state index in [1.165, 1.54) is 0 Å². The number of nitrogens with one attached hydrogen (secondary N) is 1. The first-order chi connectivity index (χ1) is 8.08. The number of hydrogen-bond donors (Lipinski definition) is 2. The van der Waals surface area contributed by atoms with Crippen molar-refractivity contribution in [3.8, 4) is 0 Å². The van der Waals surface area contributed by atoms with Crippen LogP contribution in [0.3, 0.4) is 0 Å². The van der Waals surface area contributed by atoms with E-state index in [0.29, 0.717) is 19.7 Å². The second-order valence-electron chi connectivity index (χ2n) is 4.59. The molecule has 100 valence electrons. The highest BCUT2D eigenvalue weighted by molar-refractivity contribution is 5.67. The highest BCUT2D eigenvalue weighted by Gasteiger charge is 2.32. The fraction of sp³-hybridized carbons (Fsp3) is 0.917. The van der Waals surface area contributed by atoms with Gasteiger partial charge in [-0.2, -0.15) is 0 Å². The predicted octanol–water partition coefficient (Wildman–Crippen LogP) is 0.824. The first-order valence-corrected chi connectivity index (χ1v) is 6.41. The van der Waals surface area contributed by atoms with Gasteiger partial charge >= 0.3 is 6.09 Å². The Morgan fingerprint density at radius 2 is 2.24 bits per heavy atom. The van der Waals surface area contributed by atoms with Gasteiger partial charge in [-0.3, -0.25) is 0 Å². The molecule has 0 spiro atoms. The van der Waals surface area contributed by atoms with Gasteiger partial charge < -0.3 is 20.1 Å². The van der Waals surface area contributed by atoms with Crippen LogP contribution in [0.1, 0.15) is 27.2 Å². The molecule has 1 aliphatic rings. The molecule has 5 heteroatoms. The summed E-state index contributed by atoms with van der Waals surface area (Å²) in [6.07, 6.45) is 0.232. The van der Waals surface area contributed by atoms with Crippen LogP contribution in [-0.2, 0) is 4.74 Å². The van der Waals surface area contributed by atoms with E-state index in [0.717, 1.165) is 13.0 Å². The van der Waals surface area contributed by atoms with Crippen molar-refractivity contribution in [3.05, 3.63) is 0 Å². The second kappa shape index (κ2) is 6.81. The van der Waals surface area contributed by atoms with Crippen molar-refractivity contribution in [3.63, 3.8) is 0 Å². The molecule has 5 nitrogen and oxygen atoms in total. The lowest BCUT2D eigenvalue weighted by molar-refractivity contribution is 0.0381. The van der Waals surface area contributed by atoms with Crippen molar-refractivity contribution in [2.24, 2.45) is 5.92 Å². The largest absolute Gasteiger partial charge is 0.450 e. The monoisotopic (exact) mass is 244 g/mol. The fourth-order valence-electron chi connectivity index (χ4n) is 2.29. The minimum Gasteiger partial charge on any atom is -0.450 e. The number of likely N-dealkylation sites (N-methyl/N-ethyl adjacent to an activating group) is 1. The molecule has 1 saturated heterocycles. The van der Waals surface area contributed by atoms with Crippen molar-refractivity contribution >= 4 is 6.09 Å². The number of aliphatic hydroxyl groups excluding tert-OH is 1. The number of carbonyl (C=O) groups is 1. The summed E-state index contributed by atoms with van der Waals surface area (Å²) >= 11 is 0. The minimum absolute atomic E-state index is 0.122. The van der Waals surface area contributed by atoms with Gasteiger partial charge in [-0.25, -0.2) is 4.79 Å². The number of rotatable bonds is 4. The van der Waals surface area contributed by atoms with Crippen molar-refractivity contribution in [2.75, 3.05) is 26.2 Å². The van der Waals surface area contributed by atoms with E-state index in [2.05, 4.69) is 5.32 Å². The van der Waals surface area contributed by atoms with Crippen LogP contribution in [0.15, 0.2) is 0 Å². The number of hydrogen-bond acceptors (Lipinski definition) is 4. The van der Waals surface area contributed by atoms with Crippen LogP contribution in [-0.4, -0.2) is 54.5 Å². The normalized spacial score (nSPS) is 26.7. The average Bonchev–Trinajstić information content (AvgIpc) is 2.29. The van der Waals surface area contributed by atoms with Crippen molar-refractivity contribution in [1.82, 2.24) is 10.2 Å². The minimum atomic E-state index is -0.395. The lowest BCUT2D eigenvalue weighted by atomic mass is 9.90. The van der Waals surface area contributed by atoms with Gasteiger partial charge in [0.2, 0.25) is 0 Å². The molecule has 0 aromatic carbocycles. The van der Waals surface area contributed by atoms with E-state index < -0.39 is 6.10 Å². The number of likely N-dealkylation sites (tertiary alicyclic amines) is 1. The third kappa shape index (κ3) is 4.16. The Labute approximate surface area is 103 Å². The molecule has 1 amide bonds. The summed E-state index contributed by atoms with van der Waals surface area (Å²) in [5.74, 6) is 0.122. The Morgan fingerprint density at radius 1 is 1.53 bits per heavy atom. The topological polar surface area (TPSA) is 61.8 Å². The molecular formula is C12H24N2O3. The van der Waals surface area contributed by atoms with Gasteiger partial charge in [0.25, 0.3) is 0 Å². The Hall–Kier alpha value is -0.810. The van der Waals surface area contributed by atoms with E-state index in [-0.39, 0.29) is 18.1 Å². The molecule has 17 heavy (non-hydrogen) atoms. The SMILES string of the molecule is CCNC1CC(C(C)O)CN(C(=O)OCC)C1. The van der Waals surface area contributed by atoms with Gasteiger partial charge in [-0.15, -0.1) is 0 Å². The summed E-state index contributed by atoms with van der Waals surface area (Å²) in [6, 6.07) is 0.248. The maximum atomic E-state index is 11.7. The molecule has 0 saturated carbocycles. The molecule has 1 fully saturated rings. The molecule has 0 bridgehead atoms. The number of aliphatic hydroxyl groups is 1.